The molecule has 0 amide bonds. The van der Waals surface area contributed by atoms with Crippen LogP contribution in [0.2, 0.25) is 0 Å². The molecule has 1 aliphatic heterocycles. The number of phenols is 1. The number of nitrogens with two attached hydrogens (primary N) is 1. The van der Waals surface area contributed by atoms with Crippen LogP contribution in [0.25, 0.3) is 12.2 Å². The van der Waals surface area contributed by atoms with Crippen molar-refractivity contribution in [1.82, 2.24) is 0 Å². The topological polar surface area (TPSA) is 85.7 Å². The number of hydrogen-bond donors (Lipinski definition) is 3. The third-order valence-corrected chi connectivity index (χ3v) is 4.44. The van der Waals surface area contributed by atoms with Gasteiger partial charge in [-0.2, -0.15) is 0 Å². The first-order valence-corrected chi connectivity index (χ1v) is 8.91. The Morgan fingerprint density at radius 3 is 2.48 bits per heavy atom. The smallest absolute Gasteiger partial charge is 0.166 e. The number of phenolic OH excluding ortho intramolecular Hbond substituents is 1. The average Bonchev–Trinajstić information content (AvgIpc) is 3.18. The maximum Gasteiger partial charge on any atom is 0.166 e. The van der Waals surface area contributed by atoms with Gasteiger partial charge in [-0.05, 0) is 48.2 Å². The lowest BCUT2D eigenvalue weighted by Crippen LogP contribution is -2.17. The molecule has 2 aromatic rings. The Balaban J connectivity index is 1.75. The number of benzene rings is 2. The van der Waals surface area contributed by atoms with Crippen LogP contribution in [0.3, 0.4) is 0 Å². The minimum absolute atomic E-state index is 0.00446. The molecule has 1 fully saturated rings. The number of anilines is 1. The van der Waals surface area contributed by atoms with E-state index in [1.165, 1.54) is 30.8 Å². The monoisotopic (exact) mass is 366 g/mol. The summed E-state index contributed by atoms with van der Waals surface area (Å²) in [4.78, 5) is 6.29. The van der Waals surface area contributed by atoms with Crippen molar-refractivity contribution in [2.45, 2.75) is 12.8 Å². The summed E-state index contributed by atoms with van der Waals surface area (Å²) in [5, 5.41) is 17.0. The van der Waals surface area contributed by atoms with Gasteiger partial charge in [0, 0.05) is 30.6 Å². The number of nitrogens with zero attached hydrogens (tertiary/aromatic N) is 2. The van der Waals surface area contributed by atoms with Gasteiger partial charge in [-0.3, -0.25) is 10.4 Å². The number of aromatic hydroxyl groups is 1. The van der Waals surface area contributed by atoms with Gasteiger partial charge in [0.15, 0.2) is 11.6 Å². The van der Waals surface area contributed by atoms with Gasteiger partial charge in [0.2, 0.25) is 0 Å². The normalized spacial score (nSPS) is 14.5. The second kappa shape index (κ2) is 8.49. The molecule has 2 aromatic carbocycles. The summed E-state index contributed by atoms with van der Waals surface area (Å²) in [7, 11) is 0. The van der Waals surface area contributed by atoms with Crippen molar-refractivity contribution in [2.75, 3.05) is 24.5 Å². The summed E-state index contributed by atoms with van der Waals surface area (Å²) >= 11 is 0. The second-order valence-corrected chi connectivity index (χ2v) is 6.55. The molecule has 0 aromatic heterocycles. The zero-order valence-electron chi connectivity index (χ0n) is 15.0. The highest BCUT2D eigenvalue weighted by Crippen LogP contribution is 2.24. The molecule has 0 saturated carbocycles. The van der Waals surface area contributed by atoms with Gasteiger partial charge in [-0.1, -0.05) is 24.3 Å². The van der Waals surface area contributed by atoms with E-state index in [1.807, 2.05) is 18.2 Å². The summed E-state index contributed by atoms with van der Waals surface area (Å²) in [5.41, 5.74) is 8.33. The molecule has 4 N–H and O–H groups in total. The zero-order chi connectivity index (χ0) is 19.2. The van der Waals surface area contributed by atoms with E-state index in [-0.39, 0.29) is 17.9 Å². The number of rotatable bonds is 6. The van der Waals surface area contributed by atoms with E-state index < -0.39 is 11.6 Å². The van der Waals surface area contributed by atoms with Crippen LogP contribution >= 0.6 is 0 Å². The number of halogens is 1. The standard InChI is InChI=1S/C21H23FN4O/c22-19-12-16(11-17(21(19)27)13-25-14-20(23)24)4-3-15-5-7-18(8-6-15)26-9-1-2-10-26/h3-8,11-13,27H,1-2,9-10,14H2,(H3,23,24)/b4-3+,25-13?. The molecule has 5 nitrogen and oxygen atoms in total. The third-order valence-electron chi connectivity index (χ3n) is 4.44. The molecule has 1 saturated heterocycles. The van der Waals surface area contributed by atoms with E-state index in [0.29, 0.717) is 5.56 Å². The molecular weight excluding hydrogens is 343 g/mol. The lowest BCUT2D eigenvalue weighted by atomic mass is 10.1. The summed E-state index contributed by atoms with van der Waals surface area (Å²) in [6.07, 6.45) is 7.49. The zero-order valence-corrected chi connectivity index (χ0v) is 15.0. The molecule has 1 aliphatic rings. The molecule has 0 atom stereocenters. The maximum atomic E-state index is 14.0. The quantitative estimate of drug-likeness (QED) is 0.414. The van der Waals surface area contributed by atoms with E-state index in [4.69, 9.17) is 11.1 Å². The van der Waals surface area contributed by atoms with Gasteiger partial charge in [0.05, 0.1) is 6.54 Å². The van der Waals surface area contributed by atoms with Gasteiger partial charge < -0.3 is 15.7 Å². The van der Waals surface area contributed by atoms with Crippen molar-refractivity contribution in [1.29, 1.82) is 5.41 Å². The van der Waals surface area contributed by atoms with Gasteiger partial charge in [-0.25, -0.2) is 4.39 Å². The molecule has 1 heterocycles. The SMILES string of the molecule is N=C(N)CN=Cc1cc(/C=C/c2ccc(N3CCCC3)cc2)cc(F)c1O. The van der Waals surface area contributed by atoms with Crippen molar-refractivity contribution in [3.05, 3.63) is 58.9 Å². The first kappa shape index (κ1) is 18.6. The first-order valence-electron chi connectivity index (χ1n) is 8.91. The van der Waals surface area contributed by atoms with Crippen LogP contribution in [0.15, 0.2) is 41.4 Å². The Morgan fingerprint density at radius 1 is 1.15 bits per heavy atom. The number of amidine groups is 1. The van der Waals surface area contributed by atoms with Gasteiger partial charge >= 0.3 is 0 Å². The van der Waals surface area contributed by atoms with Crippen LogP contribution in [-0.2, 0) is 0 Å². The number of hydrogen-bond acceptors (Lipinski definition) is 4. The fourth-order valence-electron chi connectivity index (χ4n) is 3.04. The van der Waals surface area contributed by atoms with Crippen molar-refractivity contribution in [3.8, 4) is 5.75 Å². The Bertz CT molecular complexity index is 868. The van der Waals surface area contributed by atoms with Crippen LogP contribution < -0.4 is 10.6 Å². The summed E-state index contributed by atoms with van der Waals surface area (Å²) in [5.74, 6) is -1.28. The molecule has 0 bridgehead atoms. The van der Waals surface area contributed by atoms with E-state index in [1.54, 1.807) is 12.1 Å². The molecule has 0 spiro atoms. The van der Waals surface area contributed by atoms with Crippen LogP contribution in [0.4, 0.5) is 10.1 Å². The maximum absolute atomic E-state index is 14.0. The van der Waals surface area contributed by atoms with Crippen LogP contribution in [0.5, 0.6) is 5.75 Å². The Morgan fingerprint density at radius 2 is 1.81 bits per heavy atom. The van der Waals surface area contributed by atoms with Crippen LogP contribution in [-0.4, -0.2) is 36.8 Å². The van der Waals surface area contributed by atoms with Crippen molar-refractivity contribution < 1.29 is 9.50 Å². The Labute approximate surface area is 158 Å². The summed E-state index contributed by atoms with van der Waals surface area (Å²) in [6.45, 7) is 2.22. The van der Waals surface area contributed by atoms with E-state index >= 15 is 0 Å². The summed E-state index contributed by atoms with van der Waals surface area (Å²) < 4.78 is 14.0. The highest BCUT2D eigenvalue weighted by Gasteiger charge is 2.11. The first-order chi connectivity index (χ1) is 13.0. The van der Waals surface area contributed by atoms with Crippen molar-refractivity contribution in [2.24, 2.45) is 10.7 Å². The van der Waals surface area contributed by atoms with Crippen LogP contribution in [0, 0.1) is 11.2 Å². The van der Waals surface area contributed by atoms with E-state index in [0.717, 1.165) is 18.7 Å². The fraction of sp³-hybridized carbons (Fsp3) is 0.238. The highest BCUT2D eigenvalue weighted by atomic mass is 19.1. The average molecular weight is 366 g/mol. The Kier molecular flexibility index (Phi) is 5.86. The van der Waals surface area contributed by atoms with Gasteiger partial charge in [0.25, 0.3) is 0 Å². The largest absolute Gasteiger partial charge is 0.504 e. The molecule has 0 unspecified atom stereocenters. The predicted molar refractivity (Wildman–Crippen MR) is 109 cm³/mol. The molecule has 27 heavy (non-hydrogen) atoms. The molecule has 0 aliphatic carbocycles. The minimum Gasteiger partial charge on any atom is -0.504 e. The van der Waals surface area contributed by atoms with E-state index in [2.05, 4.69) is 22.0 Å². The number of aliphatic imine (C=N–C) groups is 1. The highest BCUT2D eigenvalue weighted by molar-refractivity contribution is 5.88. The lowest BCUT2D eigenvalue weighted by Gasteiger charge is -2.17. The second-order valence-electron chi connectivity index (χ2n) is 6.55. The summed E-state index contributed by atoms with van der Waals surface area (Å²) in [6, 6.07) is 11.2. The third kappa shape index (κ3) is 4.94. The van der Waals surface area contributed by atoms with Gasteiger partial charge in [0.1, 0.15) is 5.84 Å². The molecule has 6 heteroatoms. The van der Waals surface area contributed by atoms with Crippen molar-refractivity contribution in [3.63, 3.8) is 0 Å². The fourth-order valence-corrected chi connectivity index (χ4v) is 3.04. The van der Waals surface area contributed by atoms with E-state index in [9.17, 15) is 9.50 Å². The molecule has 0 radical (unpaired) electrons. The molecule has 3 rings (SSSR count). The van der Waals surface area contributed by atoms with Crippen molar-refractivity contribution >= 4 is 29.9 Å². The molecule has 140 valence electrons. The Hall–Kier alpha value is -3.15. The minimum atomic E-state index is -0.717. The predicted octanol–water partition coefficient (Wildman–Crippen LogP) is 3.66. The lowest BCUT2D eigenvalue weighted by molar-refractivity contribution is 0.431. The molecular formula is C21H23FN4O. The van der Waals surface area contributed by atoms with Gasteiger partial charge in [-0.15, -0.1) is 0 Å². The van der Waals surface area contributed by atoms with Crippen LogP contribution in [0.1, 0.15) is 29.5 Å². The number of nitrogens with one attached hydrogen (secondary N) is 1.